The van der Waals surface area contributed by atoms with Crippen LogP contribution < -0.4 is 5.32 Å². The monoisotopic (exact) mass is 241 g/mol. The molecule has 0 aliphatic carbocycles. The number of aliphatic hydroxyl groups excluding tert-OH is 1. The number of ether oxygens (including phenoxy) is 1. The first-order valence-corrected chi connectivity index (χ1v) is 6.79. The molecule has 0 aromatic carbocycles. The highest BCUT2D eigenvalue weighted by Crippen LogP contribution is 2.29. The molecule has 1 aliphatic rings. The summed E-state index contributed by atoms with van der Waals surface area (Å²) in [5, 5.41) is 13.2. The normalized spacial score (nSPS) is 21.1. The Labute approximate surface area is 105 Å². The molecule has 1 fully saturated rings. The van der Waals surface area contributed by atoms with Gasteiger partial charge in [0.2, 0.25) is 0 Å². The van der Waals surface area contributed by atoms with Crippen molar-refractivity contribution in [1.29, 1.82) is 0 Å². The Morgan fingerprint density at radius 3 is 2.71 bits per heavy atom. The molecule has 0 aromatic rings. The summed E-state index contributed by atoms with van der Waals surface area (Å²) < 4.78 is 5.37. The van der Waals surface area contributed by atoms with E-state index in [-0.39, 0.29) is 12.0 Å². The third-order valence-corrected chi connectivity index (χ3v) is 3.87. The van der Waals surface area contributed by atoms with E-state index in [1.807, 2.05) is 6.08 Å². The van der Waals surface area contributed by atoms with Gasteiger partial charge in [0.15, 0.2) is 0 Å². The molecule has 0 bridgehead atoms. The molecule has 3 nitrogen and oxygen atoms in total. The topological polar surface area (TPSA) is 41.5 Å². The fraction of sp³-hybridized carbons (Fsp3) is 0.857. The molecule has 0 saturated carbocycles. The van der Waals surface area contributed by atoms with Crippen LogP contribution in [-0.2, 0) is 4.74 Å². The van der Waals surface area contributed by atoms with E-state index < -0.39 is 0 Å². The van der Waals surface area contributed by atoms with Gasteiger partial charge in [-0.05, 0) is 32.1 Å². The molecule has 1 atom stereocenters. The van der Waals surface area contributed by atoms with E-state index in [1.165, 1.54) is 0 Å². The molecule has 0 aromatic heterocycles. The summed E-state index contributed by atoms with van der Waals surface area (Å²) in [5.41, 5.74) is 0.0415. The molecule has 3 heteroatoms. The Morgan fingerprint density at radius 2 is 2.18 bits per heavy atom. The van der Waals surface area contributed by atoms with Gasteiger partial charge in [-0.25, -0.2) is 0 Å². The van der Waals surface area contributed by atoms with Crippen molar-refractivity contribution < 1.29 is 9.84 Å². The Balaban J connectivity index is 2.36. The van der Waals surface area contributed by atoms with Gasteiger partial charge in [-0.1, -0.05) is 13.0 Å². The van der Waals surface area contributed by atoms with E-state index in [0.717, 1.165) is 51.9 Å². The van der Waals surface area contributed by atoms with Crippen LogP contribution >= 0.6 is 0 Å². The van der Waals surface area contributed by atoms with E-state index in [1.54, 1.807) is 0 Å². The minimum Gasteiger partial charge on any atom is -0.396 e. The SMILES string of the molecule is C=CCCC(CC)NCC1(CO)CCOCC1. The van der Waals surface area contributed by atoms with Crippen LogP contribution in [0.25, 0.3) is 0 Å². The lowest BCUT2D eigenvalue weighted by atomic mass is 9.80. The van der Waals surface area contributed by atoms with Crippen LogP contribution in [0.5, 0.6) is 0 Å². The van der Waals surface area contributed by atoms with Crippen LogP contribution in [0.3, 0.4) is 0 Å². The highest BCUT2D eigenvalue weighted by Gasteiger charge is 2.32. The van der Waals surface area contributed by atoms with Crippen molar-refractivity contribution in [3.63, 3.8) is 0 Å². The summed E-state index contributed by atoms with van der Waals surface area (Å²) in [7, 11) is 0. The summed E-state index contributed by atoms with van der Waals surface area (Å²) >= 11 is 0. The first kappa shape index (κ1) is 14.7. The lowest BCUT2D eigenvalue weighted by molar-refractivity contribution is -0.0166. The van der Waals surface area contributed by atoms with Crippen LogP contribution in [0.2, 0.25) is 0 Å². The second-order valence-corrected chi connectivity index (χ2v) is 5.12. The second-order valence-electron chi connectivity index (χ2n) is 5.12. The summed E-state index contributed by atoms with van der Waals surface area (Å²) in [4.78, 5) is 0. The second kappa shape index (κ2) is 7.85. The third-order valence-electron chi connectivity index (χ3n) is 3.87. The molecule has 1 saturated heterocycles. The predicted molar refractivity (Wildman–Crippen MR) is 71.1 cm³/mol. The van der Waals surface area contributed by atoms with Crippen LogP contribution in [-0.4, -0.2) is 37.5 Å². The maximum atomic E-state index is 9.59. The van der Waals surface area contributed by atoms with E-state index >= 15 is 0 Å². The van der Waals surface area contributed by atoms with Crippen molar-refractivity contribution in [3.8, 4) is 0 Å². The highest BCUT2D eigenvalue weighted by molar-refractivity contribution is 4.85. The standard InChI is InChI=1S/C14H27NO2/c1-3-5-6-13(4-2)15-11-14(12-16)7-9-17-10-8-14/h3,13,15-16H,1,4-12H2,2H3. The molecule has 0 amide bonds. The zero-order valence-electron chi connectivity index (χ0n) is 11.1. The molecule has 1 heterocycles. The molecule has 0 radical (unpaired) electrons. The number of hydrogen-bond donors (Lipinski definition) is 2. The van der Waals surface area contributed by atoms with Gasteiger partial charge in [0.25, 0.3) is 0 Å². The molecule has 1 unspecified atom stereocenters. The minimum absolute atomic E-state index is 0.0415. The third kappa shape index (κ3) is 4.78. The molecule has 17 heavy (non-hydrogen) atoms. The maximum Gasteiger partial charge on any atom is 0.0501 e. The summed E-state index contributed by atoms with van der Waals surface area (Å²) in [6, 6.07) is 0.541. The zero-order valence-corrected chi connectivity index (χ0v) is 11.1. The van der Waals surface area contributed by atoms with E-state index in [9.17, 15) is 5.11 Å². The first-order valence-electron chi connectivity index (χ1n) is 6.79. The number of allylic oxidation sites excluding steroid dienone is 1. The fourth-order valence-electron chi connectivity index (χ4n) is 2.33. The van der Waals surface area contributed by atoms with E-state index in [2.05, 4.69) is 18.8 Å². The number of nitrogens with one attached hydrogen (secondary N) is 1. The molecule has 0 spiro atoms. The Bertz CT molecular complexity index is 212. The lowest BCUT2D eigenvalue weighted by Gasteiger charge is -2.37. The Morgan fingerprint density at radius 1 is 1.47 bits per heavy atom. The van der Waals surface area contributed by atoms with Crippen LogP contribution in [0, 0.1) is 5.41 Å². The van der Waals surface area contributed by atoms with Crippen LogP contribution in [0.1, 0.15) is 39.0 Å². The average molecular weight is 241 g/mol. The van der Waals surface area contributed by atoms with Crippen molar-refractivity contribution >= 4 is 0 Å². The van der Waals surface area contributed by atoms with Gasteiger partial charge in [0.1, 0.15) is 0 Å². The van der Waals surface area contributed by atoms with Crippen molar-refractivity contribution in [2.75, 3.05) is 26.4 Å². The van der Waals surface area contributed by atoms with Gasteiger partial charge in [-0.2, -0.15) is 0 Å². The molecule has 1 aliphatic heterocycles. The number of hydrogen-bond acceptors (Lipinski definition) is 3. The predicted octanol–water partition coefficient (Wildman–Crippen LogP) is 2.11. The summed E-state index contributed by atoms with van der Waals surface area (Å²) in [6.45, 7) is 8.70. The van der Waals surface area contributed by atoms with Crippen molar-refractivity contribution in [3.05, 3.63) is 12.7 Å². The number of rotatable bonds is 8. The maximum absolute atomic E-state index is 9.59. The largest absolute Gasteiger partial charge is 0.396 e. The van der Waals surface area contributed by atoms with E-state index in [4.69, 9.17) is 4.74 Å². The molecule has 100 valence electrons. The van der Waals surface area contributed by atoms with Gasteiger partial charge in [0.05, 0.1) is 6.61 Å². The van der Waals surface area contributed by atoms with Gasteiger partial charge in [-0.15, -0.1) is 6.58 Å². The van der Waals surface area contributed by atoms with Crippen molar-refractivity contribution in [2.24, 2.45) is 5.41 Å². The van der Waals surface area contributed by atoms with Gasteiger partial charge < -0.3 is 15.2 Å². The van der Waals surface area contributed by atoms with Crippen molar-refractivity contribution in [2.45, 2.75) is 45.1 Å². The quantitative estimate of drug-likeness (QED) is 0.640. The summed E-state index contributed by atoms with van der Waals surface area (Å²) in [6.07, 6.45) is 7.23. The first-order chi connectivity index (χ1) is 8.26. The average Bonchev–Trinajstić information content (AvgIpc) is 2.40. The Hall–Kier alpha value is -0.380. The van der Waals surface area contributed by atoms with Gasteiger partial charge in [-0.3, -0.25) is 0 Å². The van der Waals surface area contributed by atoms with E-state index in [0.29, 0.717) is 6.04 Å². The molecular formula is C14H27NO2. The highest BCUT2D eigenvalue weighted by atomic mass is 16.5. The van der Waals surface area contributed by atoms with Gasteiger partial charge >= 0.3 is 0 Å². The van der Waals surface area contributed by atoms with Crippen LogP contribution in [0.4, 0.5) is 0 Å². The summed E-state index contributed by atoms with van der Waals surface area (Å²) in [5.74, 6) is 0. The smallest absolute Gasteiger partial charge is 0.0501 e. The molecule has 1 rings (SSSR count). The zero-order chi connectivity index (χ0) is 12.6. The molecule has 2 N–H and O–H groups in total. The minimum atomic E-state index is 0.0415. The number of aliphatic hydroxyl groups is 1. The van der Waals surface area contributed by atoms with Crippen LogP contribution in [0.15, 0.2) is 12.7 Å². The lowest BCUT2D eigenvalue weighted by Crippen LogP contribution is -2.45. The molecular weight excluding hydrogens is 214 g/mol. The fourth-order valence-corrected chi connectivity index (χ4v) is 2.33. The van der Waals surface area contributed by atoms with Gasteiger partial charge in [0, 0.05) is 31.2 Å². The van der Waals surface area contributed by atoms with Crippen molar-refractivity contribution in [1.82, 2.24) is 5.32 Å². The Kier molecular flexibility index (Phi) is 6.78.